The zero-order chi connectivity index (χ0) is 60.4. The van der Waals surface area contributed by atoms with Gasteiger partial charge in [-0.2, -0.15) is 0 Å². The zero-order valence-electron chi connectivity index (χ0n) is 53.9. The number of para-hydroxylation sites is 1. The molecule has 6 aliphatic rings. The summed E-state index contributed by atoms with van der Waals surface area (Å²) in [6, 6.07) is 69.9. The third-order valence-corrected chi connectivity index (χ3v) is 23.7. The number of hydrogen-bond acceptors (Lipinski definition) is 4. The highest BCUT2D eigenvalue weighted by Crippen LogP contribution is 2.58. The van der Waals surface area contributed by atoms with Crippen LogP contribution in [0.1, 0.15) is 180 Å². The van der Waals surface area contributed by atoms with Crippen LogP contribution in [0, 0.1) is 0 Å². The summed E-state index contributed by atoms with van der Waals surface area (Å²) in [6.45, 7) is 36.6. The number of benzene rings is 9. The van der Waals surface area contributed by atoms with Crippen molar-refractivity contribution >= 4 is 95.0 Å². The Balaban J connectivity index is 1.05. The van der Waals surface area contributed by atoms with E-state index in [1.807, 2.05) is 0 Å². The van der Waals surface area contributed by atoms with E-state index in [2.05, 4.69) is 306 Å². The van der Waals surface area contributed by atoms with Crippen LogP contribution in [-0.4, -0.2) is 6.71 Å². The summed E-state index contributed by atoms with van der Waals surface area (Å²) >= 11 is 2.06. The standard InChI is InChI=1S/C82H82BN3S/c1-76(2,3)49-29-31-51(32-30-49)85-69-47-66-65(78(6,7)38-39-79(66,8)9)46-68(69)83-73-70(85)43-54(44-71(73)86(50-23-17-16-18-24-50)74-59-45-64-67(48-72(59)87-75(74)83)80(10,11)40-37-77(64,4)5)84(52-33-35-57-55-25-19-21-27-60(55)81(12,13)62(57)41-52)53-34-36-58-56-26-20-22-28-61(56)82(14,15)63(58)42-53/h16-36,41-48H,37-40H2,1-15H3. The minimum Gasteiger partial charge on any atom is -0.311 e. The average molecular weight is 1150 g/mol. The van der Waals surface area contributed by atoms with Crippen molar-refractivity contribution in [1.29, 1.82) is 0 Å². The Kier molecular flexibility index (Phi) is 11.4. The third-order valence-electron chi connectivity index (χ3n) is 22.5. The second-order valence-corrected chi connectivity index (χ2v) is 32.6. The summed E-state index contributed by atoms with van der Waals surface area (Å²) in [5.74, 6) is 0. The van der Waals surface area contributed by atoms with E-state index in [4.69, 9.17) is 0 Å². The molecule has 0 spiro atoms. The molecule has 3 heterocycles. The van der Waals surface area contributed by atoms with Crippen molar-refractivity contribution in [3.63, 3.8) is 0 Å². The van der Waals surface area contributed by atoms with Crippen LogP contribution in [0.25, 0.3) is 32.3 Å². The second-order valence-electron chi connectivity index (χ2n) is 31.5. The monoisotopic (exact) mass is 1150 g/mol. The molecular weight excluding hydrogens is 1070 g/mol. The predicted molar refractivity (Wildman–Crippen MR) is 375 cm³/mol. The van der Waals surface area contributed by atoms with Crippen LogP contribution in [0.4, 0.5) is 51.2 Å². The topological polar surface area (TPSA) is 9.72 Å². The maximum absolute atomic E-state index is 2.72. The van der Waals surface area contributed by atoms with Crippen molar-refractivity contribution in [3.8, 4) is 22.3 Å². The van der Waals surface area contributed by atoms with E-state index in [-0.39, 0.29) is 44.6 Å². The van der Waals surface area contributed by atoms with Crippen LogP contribution in [0.2, 0.25) is 0 Å². The molecule has 4 aliphatic carbocycles. The average Bonchev–Trinajstić information content (AvgIpc) is 1.72. The number of hydrogen-bond donors (Lipinski definition) is 0. The molecule has 16 rings (SSSR count). The second kappa shape index (κ2) is 18.0. The Morgan fingerprint density at radius 1 is 0.402 bits per heavy atom. The lowest BCUT2D eigenvalue weighted by atomic mass is 9.35. The Hall–Kier alpha value is -7.60. The Labute approximate surface area is 522 Å². The lowest BCUT2D eigenvalue weighted by Crippen LogP contribution is -2.61. The molecule has 0 amide bonds. The van der Waals surface area contributed by atoms with Gasteiger partial charge < -0.3 is 14.7 Å². The van der Waals surface area contributed by atoms with Gasteiger partial charge in [0.1, 0.15) is 0 Å². The molecule has 10 aromatic rings. The zero-order valence-corrected chi connectivity index (χ0v) is 54.7. The molecule has 1 aromatic heterocycles. The van der Waals surface area contributed by atoms with Crippen molar-refractivity contribution in [2.45, 2.75) is 167 Å². The fourth-order valence-corrected chi connectivity index (χ4v) is 18.4. The highest BCUT2D eigenvalue weighted by atomic mass is 32.1. The fourth-order valence-electron chi connectivity index (χ4n) is 17.1. The summed E-state index contributed by atoms with van der Waals surface area (Å²) in [4.78, 5) is 8.04. The lowest BCUT2D eigenvalue weighted by Gasteiger charge is -2.47. The van der Waals surface area contributed by atoms with Crippen molar-refractivity contribution in [1.82, 2.24) is 0 Å². The largest absolute Gasteiger partial charge is 0.311 e. The van der Waals surface area contributed by atoms with Crippen LogP contribution in [0.15, 0.2) is 176 Å². The van der Waals surface area contributed by atoms with Gasteiger partial charge in [-0.3, -0.25) is 0 Å². The van der Waals surface area contributed by atoms with Gasteiger partial charge in [-0.15, -0.1) is 11.3 Å². The Morgan fingerprint density at radius 3 is 1.40 bits per heavy atom. The quantitative estimate of drug-likeness (QED) is 0.159. The molecule has 5 heteroatoms. The highest BCUT2D eigenvalue weighted by molar-refractivity contribution is 7.33. The number of anilines is 9. The van der Waals surface area contributed by atoms with Gasteiger partial charge in [-0.05, 0) is 215 Å². The summed E-state index contributed by atoms with van der Waals surface area (Å²) in [5.41, 5.74) is 31.5. The predicted octanol–water partition coefficient (Wildman–Crippen LogP) is 21.1. The summed E-state index contributed by atoms with van der Waals surface area (Å²) in [7, 11) is 0. The van der Waals surface area contributed by atoms with E-state index >= 15 is 0 Å². The molecule has 0 saturated carbocycles. The van der Waals surface area contributed by atoms with Crippen molar-refractivity contribution < 1.29 is 0 Å². The minimum atomic E-state index is -0.199. The van der Waals surface area contributed by atoms with Crippen LogP contribution < -0.4 is 30.4 Å². The molecule has 0 N–H and O–H groups in total. The molecular formula is C82H82BN3S. The van der Waals surface area contributed by atoms with Gasteiger partial charge in [0.15, 0.2) is 0 Å². The lowest BCUT2D eigenvalue weighted by molar-refractivity contribution is 0.332. The first-order valence-corrected chi connectivity index (χ1v) is 33.1. The van der Waals surface area contributed by atoms with Gasteiger partial charge in [-0.1, -0.05) is 201 Å². The summed E-state index contributed by atoms with van der Waals surface area (Å²) < 4.78 is 2.81. The molecule has 87 heavy (non-hydrogen) atoms. The number of fused-ring (bicyclic) bond motifs is 14. The van der Waals surface area contributed by atoms with Crippen LogP contribution in [0.5, 0.6) is 0 Å². The van der Waals surface area contributed by atoms with Crippen LogP contribution in [-0.2, 0) is 37.9 Å². The third kappa shape index (κ3) is 7.79. The van der Waals surface area contributed by atoms with E-state index in [1.165, 1.54) is 139 Å². The van der Waals surface area contributed by atoms with Gasteiger partial charge in [0.05, 0.1) is 11.4 Å². The molecule has 0 radical (unpaired) electrons. The first-order valence-electron chi connectivity index (χ1n) is 32.3. The molecule has 0 saturated heterocycles. The summed E-state index contributed by atoms with van der Waals surface area (Å²) in [6.07, 6.45) is 4.64. The smallest absolute Gasteiger partial charge is 0.264 e. The van der Waals surface area contributed by atoms with Gasteiger partial charge in [0.25, 0.3) is 6.71 Å². The molecule has 3 nitrogen and oxygen atoms in total. The summed E-state index contributed by atoms with van der Waals surface area (Å²) in [5, 5.41) is 1.36. The van der Waals surface area contributed by atoms with E-state index in [0.717, 1.165) is 36.3 Å². The molecule has 9 aromatic carbocycles. The number of rotatable bonds is 5. The Bertz CT molecular complexity index is 4470. The molecule has 2 aliphatic heterocycles. The van der Waals surface area contributed by atoms with E-state index < -0.39 is 0 Å². The Morgan fingerprint density at radius 2 is 0.862 bits per heavy atom. The number of nitrogens with zero attached hydrogens (tertiary/aromatic N) is 3. The normalized spacial score (nSPS) is 18.6. The van der Waals surface area contributed by atoms with Gasteiger partial charge >= 0.3 is 0 Å². The van der Waals surface area contributed by atoms with E-state index in [9.17, 15) is 0 Å². The first-order chi connectivity index (χ1) is 41.2. The van der Waals surface area contributed by atoms with Crippen molar-refractivity contribution in [2.75, 3.05) is 14.7 Å². The van der Waals surface area contributed by atoms with Crippen molar-refractivity contribution in [2.24, 2.45) is 0 Å². The van der Waals surface area contributed by atoms with Gasteiger partial charge in [-0.25, -0.2) is 0 Å². The minimum absolute atomic E-state index is 0.00725. The van der Waals surface area contributed by atoms with Gasteiger partial charge in [0.2, 0.25) is 0 Å². The SMILES string of the molecule is CC(C)(C)c1ccc(N2c3cc4c(cc3B3c5sc6cc7c(cc6c5N(c5ccccc5)c5cc(N(c6ccc8c(c6)C(C)(C)c6ccccc6-8)c6ccc8c(c6)C(C)(C)c6ccccc6-8)cc2c53)C(C)(C)CCC7(C)C)C(C)(C)CCC4(C)C)cc1. The number of thiophene rings is 1. The molecule has 0 unspecified atom stereocenters. The van der Waals surface area contributed by atoms with E-state index in [0.29, 0.717) is 0 Å². The fraction of sp³-hybridized carbons (Fsp3) is 0.317. The molecule has 0 bridgehead atoms. The maximum atomic E-state index is 2.72. The maximum Gasteiger partial charge on any atom is 0.264 e. The van der Waals surface area contributed by atoms with Crippen LogP contribution >= 0.6 is 11.3 Å². The first kappa shape index (κ1) is 54.8. The van der Waals surface area contributed by atoms with Crippen molar-refractivity contribution in [3.05, 3.63) is 226 Å². The van der Waals surface area contributed by atoms with Crippen LogP contribution in [0.3, 0.4) is 0 Å². The molecule has 434 valence electrons. The van der Waals surface area contributed by atoms with E-state index in [1.54, 1.807) is 0 Å². The molecule has 0 atom stereocenters. The van der Waals surface area contributed by atoms with Gasteiger partial charge in [0, 0.05) is 65.5 Å². The molecule has 0 fully saturated rings. The highest BCUT2D eigenvalue weighted by Gasteiger charge is 2.50.